The number of para-hydroxylation sites is 2. The molecule has 1 aromatic carbocycles. The summed E-state index contributed by atoms with van der Waals surface area (Å²) in [6, 6.07) is 8.45. The molecular weight excluding hydrogens is 264 g/mol. The summed E-state index contributed by atoms with van der Waals surface area (Å²) in [6.07, 6.45) is 0.609. The van der Waals surface area contributed by atoms with E-state index in [1.54, 1.807) is 0 Å². The minimum Gasteiger partial charge on any atom is -0.371 e. The van der Waals surface area contributed by atoms with E-state index in [2.05, 4.69) is 46.4 Å². The van der Waals surface area contributed by atoms with Crippen LogP contribution >= 0.6 is 0 Å². The summed E-state index contributed by atoms with van der Waals surface area (Å²) >= 11 is 0. The van der Waals surface area contributed by atoms with Gasteiger partial charge in [-0.25, -0.2) is 0 Å². The Morgan fingerprint density at radius 1 is 1.10 bits per heavy atom. The van der Waals surface area contributed by atoms with Crippen LogP contribution in [0.1, 0.15) is 6.42 Å². The zero-order chi connectivity index (χ0) is 14.7. The van der Waals surface area contributed by atoms with Crippen molar-refractivity contribution in [2.75, 3.05) is 62.7 Å². The summed E-state index contributed by atoms with van der Waals surface area (Å²) in [7, 11) is 2.13. The van der Waals surface area contributed by atoms with Gasteiger partial charge < -0.3 is 20.0 Å². The summed E-state index contributed by atoms with van der Waals surface area (Å²) in [6.45, 7) is 6.34. The number of nitrogens with zero attached hydrogens (tertiary/aromatic N) is 3. The highest BCUT2D eigenvalue weighted by Gasteiger charge is 2.22. The van der Waals surface area contributed by atoms with E-state index in [-0.39, 0.29) is 5.91 Å². The van der Waals surface area contributed by atoms with Gasteiger partial charge >= 0.3 is 0 Å². The van der Waals surface area contributed by atoms with Crippen molar-refractivity contribution in [3.63, 3.8) is 0 Å². The topological polar surface area (TPSA) is 38.8 Å². The molecule has 2 aliphatic heterocycles. The summed E-state index contributed by atoms with van der Waals surface area (Å²) in [5.74, 6) is 0.285. The van der Waals surface area contributed by atoms with Gasteiger partial charge in [0, 0.05) is 59.3 Å². The molecular formula is C16H24N4O. The van der Waals surface area contributed by atoms with Crippen LogP contribution in [-0.4, -0.2) is 63.7 Å². The predicted octanol–water partition coefficient (Wildman–Crippen LogP) is 0.765. The second kappa shape index (κ2) is 6.35. The van der Waals surface area contributed by atoms with Gasteiger partial charge in [-0.3, -0.25) is 4.79 Å². The third-order valence-electron chi connectivity index (χ3n) is 4.40. The van der Waals surface area contributed by atoms with Crippen molar-refractivity contribution in [1.82, 2.24) is 10.2 Å². The fourth-order valence-electron chi connectivity index (χ4n) is 3.10. The highest BCUT2D eigenvalue weighted by molar-refractivity contribution is 5.78. The maximum absolute atomic E-state index is 12.3. The standard InChI is InChI=1S/C16H24N4O/c1-18-12-13-19(15-5-3-2-4-14(15)18)9-6-16(21)20-10-7-17-8-11-20/h2-5,17H,6-13H2,1H3. The number of carbonyl (C=O) groups excluding carboxylic acids is 1. The average molecular weight is 288 g/mol. The molecule has 0 radical (unpaired) electrons. The highest BCUT2D eigenvalue weighted by Crippen LogP contribution is 2.31. The van der Waals surface area contributed by atoms with Crippen molar-refractivity contribution in [2.24, 2.45) is 0 Å². The molecule has 3 rings (SSSR count). The first kappa shape index (κ1) is 14.2. The number of likely N-dealkylation sites (N-methyl/N-ethyl adjacent to an activating group) is 1. The van der Waals surface area contributed by atoms with E-state index in [1.165, 1.54) is 11.4 Å². The molecule has 0 saturated carbocycles. The molecule has 0 unspecified atom stereocenters. The molecule has 0 aromatic heterocycles. The Kier molecular flexibility index (Phi) is 4.29. The number of hydrogen-bond acceptors (Lipinski definition) is 4. The van der Waals surface area contributed by atoms with Crippen LogP contribution < -0.4 is 15.1 Å². The van der Waals surface area contributed by atoms with Crippen molar-refractivity contribution in [2.45, 2.75) is 6.42 Å². The van der Waals surface area contributed by atoms with E-state index in [0.29, 0.717) is 6.42 Å². The zero-order valence-corrected chi connectivity index (χ0v) is 12.7. The molecule has 5 heteroatoms. The third-order valence-corrected chi connectivity index (χ3v) is 4.40. The van der Waals surface area contributed by atoms with Crippen LogP contribution in [0.2, 0.25) is 0 Å². The largest absolute Gasteiger partial charge is 0.371 e. The van der Waals surface area contributed by atoms with Crippen LogP contribution in [-0.2, 0) is 4.79 Å². The van der Waals surface area contributed by atoms with Gasteiger partial charge in [0.05, 0.1) is 11.4 Å². The SMILES string of the molecule is CN1CCN(CCC(=O)N2CCNCC2)c2ccccc21. The fraction of sp³-hybridized carbons (Fsp3) is 0.562. The molecule has 0 bridgehead atoms. The Bertz CT molecular complexity index is 499. The first-order valence-electron chi connectivity index (χ1n) is 7.79. The van der Waals surface area contributed by atoms with Crippen LogP contribution in [0.3, 0.4) is 0 Å². The lowest BCUT2D eigenvalue weighted by atomic mass is 10.1. The number of rotatable bonds is 3. The number of benzene rings is 1. The summed E-state index contributed by atoms with van der Waals surface area (Å²) in [4.78, 5) is 18.9. The van der Waals surface area contributed by atoms with E-state index >= 15 is 0 Å². The molecule has 0 aliphatic carbocycles. The van der Waals surface area contributed by atoms with Crippen molar-refractivity contribution in [3.05, 3.63) is 24.3 Å². The van der Waals surface area contributed by atoms with Gasteiger partial charge in [-0.1, -0.05) is 12.1 Å². The Hall–Kier alpha value is -1.75. The summed E-state index contributed by atoms with van der Waals surface area (Å²) < 4.78 is 0. The molecule has 5 nitrogen and oxygen atoms in total. The molecule has 21 heavy (non-hydrogen) atoms. The van der Waals surface area contributed by atoms with E-state index < -0.39 is 0 Å². The second-order valence-electron chi connectivity index (χ2n) is 5.78. The minimum atomic E-state index is 0.285. The van der Waals surface area contributed by atoms with Crippen LogP contribution in [0.4, 0.5) is 11.4 Å². The van der Waals surface area contributed by atoms with Gasteiger partial charge in [-0.2, -0.15) is 0 Å². The van der Waals surface area contributed by atoms with Crippen LogP contribution in [0.15, 0.2) is 24.3 Å². The van der Waals surface area contributed by atoms with Crippen LogP contribution in [0.5, 0.6) is 0 Å². The zero-order valence-electron chi connectivity index (χ0n) is 12.7. The van der Waals surface area contributed by atoms with E-state index in [0.717, 1.165) is 45.8 Å². The fourth-order valence-corrected chi connectivity index (χ4v) is 3.10. The summed E-state index contributed by atoms with van der Waals surface area (Å²) in [5.41, 5.74) is 2.51. The van der Waals surface area contributed by atoms with Crippen molar-refractivity contribution >= 4 is 17.3 Å². The Morgan fingerprint density at radius 2 is 1.81 bits per heavy atom. The highest BCUT2D eigenvalue weighted by atomic mass is 16.2. The number of piperazine rings is 1. The second-order valence-corrected chi connectivity index (χ2v) is 5.78. The molecule has 2 aliphatic rings. The van der Waals surface area contributed by atoms with Crippen molar-refractivity contribution < 1.29 is 4.79 Å². The molecule has 0 spiro atoms. The Labute approximate surface area is 126 Å². The third kappa shape index (κ3) is 3.13. The molecule has 2 heterocycles. The van der Waals surface area contributed by atoms with E-state index in [9.17, 15) is 4.79 Å². The number of nitrogens with one attached hydrogen (secondary N) is 1. The molecule has 1 aromatic rings. The van der Waals surface area contributed by atoms with Gasteiger partial charge in [-0.05, 0) is 12.1 Å². The van der Waals surface area contributed by atoms with Crippen molar-refractivity contribution in [1.29, 1.82) is 0 Å². The number of amides is 1. The normalized spacial score (nSPS) is 18.6. The Balaban J connectivity index is 1.61. The quantitative estimate of drug-likeness (QED) is 0.891. The predicted molar refractivity (Wildman–Crippen MR) is 86.0 cm³/mol. The number of anilines is 2. The molecule has 1 fully saturated rings. The molecule has 1 amide bonds. The molecule has 0 atom stereocenters. The number of carbonyl (C=O) groups is 1. The average Bonchev–Trinajstić information content (AvgIpc) is 2.55. The van der Waals surface area contributed by atoms with Gasteiger partial charge in [-0.15, -0.1) is 0 Å². The number of fused-ring (bicyclic) bond motifs is 1. The minimum absolute atomic E-state index is 0.285. The van der Waals surface area contributed by atoms with E-state index in [4.69, 9.17) is 0 Å². The first-order chi connectivity index (χ1) is 10.3. The van der Waals surface area contributed by atoms with E-state index in [1.807, 2.05) is 4.90 Å². The lowest BCUT2D eigenvalue weighted by molar-refractivity contribution is -0.131. The molecule has 114 valence electrons. The maximum Gasteiger partial charge on any atom is 0.224 e. The van der Waals surface area contributed by atoms with Gasteiger partial charge in [0.25, 0.3) is 0 Å². The monoisotopic (exact) mass is 288 g/mol. The van der Waals surface area contributed by atoms with Crippen LogP contribution in [0, 0.1) is 0 Å². The lowest BCUT2D eigenvalue weighted by Gasteiger charge is -2.37. The Morgan fingerprint density at radius 3 is 2.57 bits per heavy atom. The number of hydrogen-bond donors (Lipinski definition) is 1. The maximum atomic E-state index is 12.3. The van der Waals surface area contributed by atoms with Gasteiger partial charge in [0.15, 0.2) is 0 Å². The van der Waals surface area contributed by atoms with Gasteiger partial charge in [0.2, 0.25) is 5.91 Å². The van der Waals surface area contributed by atoms with Crippen LogP contribution in [0.25, 0.3) is 0 Å². The lowest BCUT2D eigenvalue weighted by Crippen LogP contribution is -2.47. The molecule has 1 saturated heterocycles. The van der Waals surface area contributed by atoms with Gasteiger partial charge in [0.1, 0.15) is 0 Å². The summed E-state index contributed by atoms with van der Waals surface area (Å²) in [5, 5.41) is 3.28. The molecule has 1 N–H and O–H groups in total. The van der Waals surface area contributed by atoms with Crippen molar-refractivity contribution in [3.8, 4) is 0 Å². The smallest absolute Gasteiger partial charge is 0.224 e. The first-order valence-corrected chi connectivity index (χ1v) is 7.79.